The monoisotopic (exact) mass is 333 g/mol. The second kappa shape index (κ2) is 6.73. The SMILES string of the molecule is COc1ccc2c(c1OC)CC[N]C(c1nccc3ccccc13)C2. The van der Waals surface area contributed by atoms with Gasteiger partial charge in [0.1, 0.15) is 0 Å². The minimum absolute atomic E-state index is 0.0606. The van der Waals surface area contributed by atoms with Gasteiger partial charge in [-0.3, -0.25) is 4.98 Å². The van der Waals surface area contributed by atoms with Crippen LogP contribution in [0.5, 0.6) is 11.5 Å². The Labute approximate surface area is 147 Å². The van der Waals surface area contributed by atoms with E-state index in [1.807, 2.05) is 12.3 Å². The third-order valence-corrected chi connectivity index (χ3v) is 4.89. The molecule has 1 radical (unpaired) electrons. The summed E-state index contributed by atoms with van der Waals surface area (Å²) in [6.07, 6.45) is 3.57. The summed E-state index contributed by atoms with van der Waals surface area (Å²) >= 11 is 0. The number of pyridine rings is 1. The van der Waals surface area contributed by atoms with Crippen molar-refractivity contribution in [1.29, 1.82) is 0 Å². The van der Waals surface area contributed by atoms with E-state index in [1.54, 1.807) is 14.2 Å². The Hall–Kier alpha value is -2.59. The Balaban J connectivity index is 1.77. The van der Waals surface area contributed by atoms with Gasteiger partial charge in [-0.2, -0.15) is 0 Å². The number of ether oxygens (including phenoxy) is 2. The molecule has 0 bridgehead atoms. The van der Waals surface area contributed by atoms with Crippen LogP contribution < -0.4 is 14.8 Å². The van der Waals surface area contributed by atoms with E-state index in [0.29, 0.717) is 0 Å². The topological polar surface area (TPSA) is 45.5 Å². The highest BCUT2D eigenvalue weighted by Crippen LogP contribution is 2.37. The third kappa shape index (κ3) is 2.83. The van der Waals surface area contributed by atoms with Crippen molar-refractivity contribution in [1.82, 2.24) is 10.3 Å². The number of hydrogen-bond donors (Lipinski definition) is 0. The second-order valence-electron chi connectivity index (χ2n) is 6.23. The zero-order valence-electron chi connectivity index (χ0n) is 14.5. The maximum Gasteiger partial charge on any atom is 0.164 e. The van der Waals surface area contributed by atoms with Crippen molar-refractivity contribution in [2.75, 3.05) is 20.8 Å². The summed E-state index contributed by atoms with van der Waals surface area (Å²) in [7, 11) is 3.37. The number of benzene rings is 2. The average Bonchev–Trinajstić information content (AvgIpc) is 2.89. The van der Waals surface area contributed by atoms with E-state index in [4.69, 9.17) is 14.8 Å². The first-order chi connectivity index (χ1) is 12.3. The molecule has 25 heavy (non-hydrogen) atoms. The molecule has 0 N–H and O–H groups in total. The molecular formula is C21H21N2O2. The van der Waals surface area contributed by atoms with Gasteiger partial charge in [-0.05, 0) is 35.9 Å². The van der Waals surface area contributed by atoms with Gasteiger partial charge in [-0.25, -0.2) is 5.32 Å². The highest BCUT2D eigenvalue weighted by atomic mass is 16.5. The van der Waals surface area contributed by atoms with Crippen molar-refractivity contribution in [2.24, 2.45) is 0 Å². The van der Waals surface area contributed by atoms with Gasteiger partial charge in [0.15, 0.2) is 11.5 Å². The van der Waals surface area contributed by atoms with Gasteiger partial charge in [0, 0.05) is 23.7 Å². The summed E-state index contributed by atoms with van der Waals surface area (Å²) < 4.78 is 11.1. The summed E-state index contributed by atoms with van der Waals surface area (Å²) in [5.41, 5.74) is 3.52. The molecule has 0 spiro atoms. The van der Waals surface area contributed by atoms with Crippen LogP contribution in [0.1, 0.15) is 22.9 Å². The van der Waals surface area contributed by atoms with E-state index in [1.165, 1.54) is 21.9 Å². The van der Waals surface area contributed by atoms with E-state index >= 15 is 0 Å². The molecule has 0 fully saturated rings. The molecule has 4 rings (SSSR count). The zero-order chi connectivity index (χ0) is 17.2. The third-order valence-electron chi connectivity index (χ3n) is 4.89. The van der Waals surface area contributed by atoms with Crippen molar-refractivity contribution in [3.8, 4) is 11.5 Å². The minimum Gasteiger partial charge on any atom is -0.493 e. The van der Waals surface area contributed by atoms with Crippen LogP contribution in [0.4, 0.5) is 0 Å². The molecule has 2 aromatic carbocycles. The van der Waals surface area contributed by atoms with Gasteiger partial charge >= 0.3 is 0 Å². The van der Waals surface area contributed by atoms with Gasteiger partial charge in [0.25, 0.3) is 0 Å². The molecule has 2 heterocycles. The standard InChI is InChI=1S/C21H21N2O2/c1-24-19-8-7-15-13-18(22-12-10-17(15)21(19)25-2)20-16-6-4-3-5-14(16)9-11-23-20/h3-9,11,18H,10,12-13H2,1-2H3. The summed E-state index contributed by atoms with van der Waals surface area (Å²) in [6.45, 7) is 0.756. The molecule has 4 nitrogen and oxygen atoms in total. The lowest BCUT2D eigenvalue weighted by atomic mass is 9.96. The minimum atomic E-state index is 0.0606. The van der Waals surface area contributed by atoms with Crippen molar-refractivity contribution < 1.29 is 9.47 Å². The first-order valence-electron chi connectivity index (χ1n) is 8.55. The van der Waals surface area contributed by atoms with Gasteiger partial charge in [0.2, 0.25) is 0 Å². The quantitative estimate of drug-likeness (QED) is 0.734. The lowest BCUT2D eigenvalue weighted by Gasteiger charge is -2.17. The average molecular weight is 333 g/mol. The molecule has 0 saturated carbocycles. The Morgan fingerprint density at radius 2 is 1.88 bits per heavy atom. The van der Waals surface area contributed by atoms with Crippen LogP contribution in [0.25, 0.3) is 10.8 Å². The van der Waals surface area contributed by atoms with E-state index in [2.05, 4.69) is 41.4 Å². The fourth-order valence-corrected chi connectivity index (χ4v) is 3.69. The van der Waals surface area contributed by atoms with Gasteiger partial charge in [-0.1, -0.05) is 30.3 Å². The second-order valence-corrected chi connectivity index (χ2v) is 6.23. The number of aromatic nitrogens is 1. The fourth-order valence-electron chi connectivity index (χ4n) is 3.69. The maximum atomic E-state index is 5.62. The van der Waals surface area contributed by atoms with Crippen LogP contribution in [0, 0.1) is 0 Å². The maximum absolute atomic E-state index is 5.62. The van der Waals surface area contributed by atoms with Crippen LogP contribution in [0.3, 0.4) is 0 Å². The van der Waals surface area contributed by atoms with Crippen molar-refractivity contribution >= 4 is 10.8 Å². The Kier molecular flexibility index (Phi) is 4.28. The molecule has 0 saturated heterocycles. The molecule has 0 amide bonds. The predicted octanol–water partition coefficient (Wildman–Crippen LogP) is 3.70. The molecule has 0 aliphatic carbocycles. The van der Waals surface area contributed by atoms with Crippen LogP contribution in [0.15, 0.2) is 48.7 Å². The Morgan fingerprint density at radius 1 is 1.00 bits per heavy atom. The Morgan fingerprint density at radius 3 is 2.72 bits per heavy atom. The lowest BCUT2D eigenvalue weighted by Crippen LogP contribution is -2.17. The molecule has 3 aromatic rings. The predicted molar refractivity (Wildman–Crippen MR) is 98.4 cm³/mol. The summed E-state index contributed by atoms with van der Waals surface area (Å²) in [5, 5.41) is 7.32. The van der Waals surface area contributed by atoms with Crippen LogP contribution >= 0.6 is 0 Å². The van der Waals surface area contributed by atoms with Crippen molar-refractivity contribution in [2.45, 2.75) is 18.9 Å². The van der Waals surface area contributed by atoms with E-state index in [-0.39, 0.29) is 6.04 Å². The number of hydrogen-bond acceptors (Lipinski definition) is 3. The largest absolute Gasteiger partial charge is 0.493 e. The number of fused-ring (bicyclic) bond motifs is 2. The van der Waals surface area contributed by atoms with Crippen molar-refractivity contribution in [3.05, 3.63) is 65.5 Å². The molecule has 127 valence electrons. The first kappa shape index (κ1) is 15.9. The molecule has 1 aromatic heterocycles. The zero-order valence-corrected chi connectivity index (χ0v) is 14.5. The number of methoxy groups -OCH3 is 2. The van der Waals surface area contributed by atoms with Gasteiger partial charge in [-0.15, -0.1) is 0 Å². The normalized spacial score (nSPS) is 17.0. The van der Waals surface area contributed by atoms with Crippen LogP contribution in [0.2, 0.25) is 0 Å². The van der Waals surface area contributed by atoms with E-state index < -0.39 is 0 Å². The number of rotatable bonds is 3. The first-order valence-corrected chi connectivity index (χ1v) is 8.55. The molecule has 4 heteroatoms. The van der Waals surface area contributed by atoms with Gasteiger partial charge < -0.3 is 9.47 Å². The summed E-state index contributed by atoms with van der Waals surface area (Å²) in [4.78, 5) is 4.67. The fraction of sp³-hybridized carbons (Fsp3) is 0.286. The Bertz CT molecular complexity index is 902. The lowest BCUT2D eigenvalue weighted by molar-refractivity contribution is 0.351. The van der Waals surface area contributed by atoms with Crippen molar-refractivity contribution in [3.63, 3.8) is 0 Å². The summed E-state index contributed by atoms with van der Waals surface area (Å²) in [5.74, 6) is 1.62. The van der Waals surface area contributed by atoms with E-state index in [9.17, 15) is 0 Å². The molecule has 1 atom stereocenters. The molecule has 1 unspecified atom stereocenters. The van der Waals surface area contributed by atoms with E-state index in [0.717, 1.165) is 36.6 Å². The van der Waals surface area contributed by atoms with Crippen LogP contribution in [-0.4, -0.2) is 25.7 Å². The highest BCUT2D eigenvalue weighted by Gasteiger charge is 2.24. The molecule has 1 aliphatic rings. The smallest absolute Gasteiger partial charge is 0.164 e. The highest BCUT2D eigenvalue weighted by molar-refractivity contribution is 5.84. The van der Waals surface area contributed by atoms with Crippen LogP contribution in [-0.2, 0) is 12.8 Å². The molecular weight excluding hydrogens is 312 g/mol. The number of nitrogens with zero attached hydrogens (tertiary/aromatic N) is 2. The van der Waals surface area contributed by atoms with Gasteiger partial charge in [0.05, 0.1) is 26.0 Å². The molecule has 1 aliphatic heterocycles. The summed E-state index contributed by atoms with van der Waals surface area (Å²) in [6, 6.07) is 14.6.